The van der Waals surface area contributed by atoms with Crippen molar-refractivity contribution in [3.63, 3.8) is 0 Å². The van der Waals surface area contributed by atoms with Crippen LogP contribution in [0.25, 0.3) is 0 Å². The molecule has 0 aromatic heterocycles. The average Bonchev–Trinajstić information content (AvgIpc) is 3.33. The third-order valence-corrected chi connectivity index (χ3v) is 4.74. The van der Waals surface area contributed by atoms with Crippen LogP contribution in [0.5, 0.6) is 0 Å². The largest absolute Gasteiger partial charge is 0.352 e. The molecule has 6 nitrogen and oxygen atoms in total. The molecule has 2 fully saturated rings. The Morgan fingerprint density at radius 2 is 1.67 bits per heavy atom. The predicted octanol–water partition coefficient (Wildman–Crippen LogP) is 1.28. The van der Waals surface area contributed by atoms with E-state index in [2.05, 4.69) is 36.4 Å². The molecule has 1 aliphatic carbocycles. The minimum absolute atomic E-state index is 0.00646. The summed E-state index contributed by atoms with van der Waals surface area (Å²) in [5.41, 5.74) is 0.796. The number of amides is 2. The molecule has 1 aliphatic heterocycles. The van der Waals surface area contributed by atoms with Gasteiger partial charge >= 0.3 is 0 Å². The van der Waals surface area contributed by atoms with Crippen LogP contribution in [0.2, 0.25) is 0 Å². The van der Waals surface area contributed by atoms with E-state index >= 15 is 0 Å². The molecule has 1 aromatic rings. The van der Waals surface area contributed by atoms with Gasteiger partial charge in [-0.2, -0.15) is 0 Å². The summed E-state index contributed by atoms with van der Waals surface area (Å²) in [6, 6.07) is 7.99. The molecule has 0 unspecified atom stereocenters. The van der Waals surface area contributed by atoms with E-state index < -0.39 is 0 Å². The fraction of sp³-hybridized carbons (Fsp3) is 0.529. The minimum Gasteiger partial charge on any atom is -0.352 e. The number of hydrogen-bond donors (Lipinski definition) is 2. The van der Waals surface area contributed by atoms with E-state index in [0.29, 0.717) is 19.1 Å². The van der Waals surface area contributed by atoms with Crippen LogP contribution in [0.3, 0.4) is 0 Å². The molecule has 0 radical (unpaired) electrons. The fourth-order valence-electron chi connectivity index (χ4n) is 2.78. The molecule has 0 bridgehead atoms. The number of benzene rings is 1. The molecule has 3 rings (SSSR count). The molecule has 24 heavy (non-hydrogen) atoms. The van der Waals surface area contributed by atoms with E-state index in [1.54, 1.807) is 0 Å². The van der Waals surface area contributed by atoms with Gasteiger partial charge in [-0.05, 0) is 31.0 Å². The number of nitrogens with one attached hydrogen (secondary N) is 2. The molecule has 2 N–H and O–H groups in total. The number of nitrogens with zero attached hydrogens (tertiary/aromatic N) is 2. The van der Waals surface area contributed by atoms with Gasteiger partial charge < -0.3 is 10.6 Å². The van der Waals surface area contributed by atoms with Crippen LogP contribution in [0.1, 0.15) is 12.8 Å². The van der Waals surface area contributed by atoms with E-state index in [9.17, 15) is 9.59 Å². The third-order valence-electron chi connectivity index (χ3n) is 4.25. The molecular weight excluding hydrogens is 372 g/mol. The minimum atomic E-state index is -0.00646. The molecule has 1 saturated carbocycles. The fourth-order valence-corrected chi connectivity index (χ4v) is 3.18. The van der Waals surface area contributed by atoms with E-state index in [4.69, 9.17) is 0 Å². The van der Waals surface area contributed by atoms with Gasteiger partial charge in [-0.15, -0.1) is 0 Å². The van der Waals surface area contributed by atoms with Gasteiger partial charge in [0.2, 0.25) is 11.8 Å². The lowest BCUT2D eigenvalue weighted by atomic mass is 10.3. The van der Waals surface area contributed by atoms with Gasteiger partial charge in [-0.1, -0.05) is 22.0 Å². The molecule has 2 amide bonds. The first-order valence-electron chi connectivity index (χ1n) is 8.38. The Labute approximate surface area is 150 Å². The Morgan fingerprint density at radius 3 is 2.25 bits per heavy atom. The van der Waals surface area contributed by atoms with Crippen LogP contribution in [0, 0.1) is 0 Å². The number of carbonyl (C=O) groups is 2. The Kier molecular flexibility index (Phi) is 5.86. The van der Waals surface area contributed by atoms with Crippen molar-refractivity contribution in [1.29, 1.82) is 0 Å². The van der Waals surface area contributed by atoms with E-state index in [0.717, 1.165) is 49.2 Å². The highest BCUT2D eigenvalue weighted by Crippen LogP contribution is 2.18. The van der Waals surface area contributed by atoms with Crippen LogP contribution >= 0.6 is 15.9 Å². The van der Waals surface area contributed by atoms with Gasteiger partial charge in [0.05, 0.1) is 13.1 Å². The van der Waals surface area contributed by atoms with Crippen molar-refractivity contribution < 1.29 is 9.59 Å². The van der Waals surface area contributed by atoms with E-state index in [-0.39, 0.29) is 11.8 Å². The molecule has 1 aromatic carbocycles. The molecule has 0 spiro atoms. The number of halogens is 1. The normalized spacial score (nSPS) is 19.0. The zero-order valence-corrected chi connectivity index (χ0v) is 15.2. The topological polar surface area (TPSA) is 64.7 Å². The number of piperazine rings is 1. The number of rotatable bonds is 6. The molecule has 1 saturated heterocycles. The Bertz CT molecular complexity index is 598. The summed E-state index contributed by atoms with van der Waals surface area (Å²) < 4.78 is 0.943. The first kappa shape index (κ1) is 17.4. The lowest BCUT2D eigenvalue weighted by Gasteiger charge is -2.33. The maximum absolute atomic E-state index is 12.1. The van der Waals surface area contributed by atoms with Crippen LogP contribution in [0.4, 0.5) is 5.69 Å². The SMILES string of the molecule is O=C(CN1CCN(CC(=O)NC2CC2)CC1)Nc1cccc(Br)c1. The monoisotopic (exact) mass is 394 g/mol. The standard InChI is InChI=1S/C17H23BrN4O2/c18-13-2-1-3-15(10-13)20-17(24)12-22-8-6-21(7-9-22)11-16(23)19-14-4-5-14/h1-3,10,14H,4-9,11-12H2,(H,19,23)(H,20,24). The predicted molar refractivity (Wildman–Crippen MR) is 96.8 cm³/mol. The third kappa shape index (κ3) is 5.58. The second-order valence-corrected chi connectivity index (χ2v) is 7.37. The number of carbonyl (C=O) groups excluding carboxylic acids is 2. The van der Waals surface area contributed by atoms with E-state index in [1.165, 1.54) is 0 Å². The van der Waals surface area contributed by atoms with Crippen molar-refractivity contribution in [2.45, 2.75) is 18.9 Å². The summed E-state index contributed by atoms with van der Waals surface area (Å²) in [5.74, 6) is 0.117. The zero-order valence-electron chi connectivity index (χ0n) is 13.6. The van der Waals surface area contributed by atoms with Crippen molar-refractivity contribution in [3.05, 3.63) is 28.7 Å². The van der Waals surface area contributed by atoms with Gasteiger partial charge in [0.1, 0.15) is 0 Å². The van der Waals surface area contributed by atoms with Gasteiger partial charge in [0.15, 0.2) is 0 Å². The highest BCUT2D eigenvalue weighted by molar-refractivity contribution is 9.10. The number of anilines is 1. The average molecular weight is 395 g/mol. The Balaban J connectivity index is 1.36. The van der Waals surface area contributed by atoms with Crippen LogP contribution in [-0.2, 0) is 9.59 Å². The van der Waals surface area contributed by atoms with Gasteiger partial charge in [0.25, 0.3) is 0 Å². The van der Waals surface area contributed by atoms with Crippen molar-refractivity contribution in [3.8, 4) is 0 Å². The maximum Gasteiger partial charge on any atom is 0.238 e. The summed E-state index contributed by atoms with van der Waals surface area (Å²) in [5, 5.41) is 5.93. The summed E-state index contributed by atoms with van der Waals surface area (Å²) >= 11 is 3.40. The smallest absolute Gasteiger partial charge is 0.238 e. The summed E-state index contributed by atoms with van der Waals surface area (Å²) in [7, 11) is 0. The van der Waals surface area contributed by atoms with Crippen LogP contribution in [-0.4, -0.2) is 66.9 Å². The van der Waals surface area contributed by atoms with Gasteiger partial charge in [-0.25, -0.2) is 0 Å². The quantitative estimate of drug-likeness (QED) is 0.762. The molecule has 1 heterocycles. The molecule has 0 atom stereocenters. The highest BCUT2D eigenvalue weighted by Gasteiger charge is 2.25. The highest BCUT2D eigenvalue weighted by atomic mass is 79.9. The second kappa shape index (κ2) is 8.09. The first-order valence-corrected chi connectivity index (χ1v) is 9.17. The lowest BCUT2D eigenvalue weighted by molar-refractivity contribution is -0.123. The molecule has 7 heteroatoms. The zero-order chi connectivity index (χ0) is 16.9. The summed E-state index contributed by atoms with van der Waals surface area (Å²) in [6.07, 6.45) is 2.24. The van der Waals surface area contributed by atoms with Crippen molar-refractivity contribution in [1.82, 2.24) is 15.1 Å². The first-order chi connectivity index (χ1) is 11.6. The van der Waals surface area contributed by atoms with Crippen LogP contribution < -0.4 is 10.6 Å². The summed E-state index contributed by atoms with van der Waals surface area (Å²) in [6.45, 7) is 4.11. The second-order valence-electron chi connectivity index (χ2n) is 6.45. The van der Waals surface area contributed by atoms with Gasteiger partial charge in [0, 0.05) is 42.4 Å². The Morgan fingerprint density at radius 1 is 1.04 bits per heavy atom. The van der Waals surface area contributed by atoms with Crippen molar-refractivity contribution in [2.75, 3.05) is 44.6 Å². The maximum atomic E-state index is 12.1. The molecule has 130 valence electrons. The Hall–Kier alpha value is -1.44. The summed E-state index contributed by atoms with van der Waals surface area (Å²) in [4.78, 5) is 28.2. The number of hydrogen-bond acceptors (Lipinski definition) is 4. The lowest BCUT2D eigenvalue weighted by Crippen LogP contribution is -2.51. The van der Waals surface area contributed by atoms with Crippen LogP contribution in [0.15, 0.2) is 28.7 Å². The molecular formula is C17H23BrN4O2. The van der Waals surface area contributed by atoms with E-state index in [1.807, 2.05) is 24.3 Å². The van der Waals surface area contributed by atoms with Gasteiger partial charge in [-0.3, -0.25) is 19.4 Å². The van der Waals surface area contributed by atoms with Crippen molar-refractivity contribution in [2.24, 2.45) is 0 Å². The van der Waals surface area contributed by atoms with Crippen molar-refractivity contribution >= 4 is 33.4 Å². The molecule has 2 aliphatic rings.